The molecule has 3 heteroatoms. The van der Waals surface area contributed by atoms with Gasteiger partial charge in [-0.1, -0.05) is 13.0 Å². The number of nitrogens with one attached hydrogen (secondary N) is 1. The Morgan fingerprint density at radius 2 is 2.27 bits per heavy atom. The van der Waals surface area contributed by atoms with E-state index in [9.17, 15) is 4.79 Å². The fourth-order valence-electron chi connectivity index (χ4n) is 1.27. The minimum absolute atomic E-state index is 0.00399. The lowest BCUT2D eigenvalue weighted by molar-refractivity contribution is -0.116. The first-order valence-corrected chi connectivity index (χ1v) is 4.98. The number of aryl methyl sites for hydroxylation is 1. The molecule has 1 amide bonds. The van der Waals surface area contributed by atoms with Crippen LogP contribution in [0.2, 0.25) is 0 Å². The van der Waals surface area contributed by atoms with Gasteiger partial charge in [0.15, 0.2) is 0 Å². The van der Waals surface area contributed by atoms with Crippen LogP contribution in [0.25, 0.3) is 0 Å². The second-order valence-electron chi connectivity index (χ2n) is 3.44. The van der Waals surface area contributed by atoms with E-state index in [-0.39, 0.29) is 5.91 Å². The van der Waals surface area contributed by atoms with Gasteiger partial charge in [0.1, 0.15) is 0 Å². The molecule has 0 atom stereocenters. The summed E-state index contributed by atoms with van der Waals surface area (Å²) in [5, 5.41) is 11.5. The van der Waals surface area contributed by atoms with Crippen LogP contribution in [0.15, 0.2) is 18.2 Å². The molecule has 0 aliphatic heterocycles. The Kier molecular flexibility index (Phi) is 3.87. The summed E-state index contributed by atoms with van der Waals surface area (Å²) in [7, 11) is 0. The first-order valence-electron chi connectivity index (χ1n) is 4.98. The fraction of sp³-hybridized carbons (Fsp3) is 0.333. The predicted octanol–water partition coefficient (Wildman–Crippen LogP) is 2.61. The van der Waals surface area contributed by atoms with Gasteiger partial charge in [0, 0.05) is 12.1 Å². The number of hydrogen-bond donors (Lipinski definition) is 1. The number of amides is 1. The number of anilines is 1. The van der Waals surface area contributed by atoms with Gasteiger partial charge in [-0.05, 0) is 31.0 Å². The molecule has 0 bridgehead atoms. The molecule has 1 aromatic rings. The van der Waals surface area contributed by atoms with Crippen LogP contribution in [0.4, 0.5) is 5.69 Å². The van der Waals surface area contributed by atoms with Crippen LogP contribution < -0.4 is 5.32 Å². The minimum atomic E-state index is -0.00399. The predicted molar refractivity (Wildman–Crippen MR) is 59.4 cm³/mol. The maximum absolute atomic E-state index is 11.4. The van der Waals surface area contributed by atoms with Gasteiger partial charge in [-0.25, -0.2) is 0 Å². The summed E-state index contributed by atoms with van der Waals surface area (Å²) in [5.74, 6) is -0.00399. The van der Waals surface area contributed by atoms with Gasteiger partial charge in [-0.15, -0.1) is 0 Å². The van der Waals surface area contributed by atoms with Crippen LogP contribution >= 0.6 is 0 Å². The highest BCUT2D eigenvalue weighted by Crippen LogP contribution is 2.16. The normalized spacial score (nSPS) is 9.40. The Bertz CT molecular complexity index is 405. The Morgan fingerprint density at radius 1 is 1.53 bits per heavy atom. The van der Waals surface area contributed by atoms with Gasteiger partial charge in [0.2, 0.25) is 5.91 Å². The van der Waals surface area contributed by atoms with Gasteiger partial charge in [0.05, 0.1) is 11.6 Å². The van der Waals surface area contributed by atoms with Crippen LogP contribution in [-0.2, 0) is 4.79 Å². The van der Waals surface area contributed by atoms with E-state index < -0.39 is 0 Å². The Morgan fingerprint density at radius 3 is 2.87 bits per heavy atom. The van der Waals surface area contributed by atoms with Gasteiger partial charge in [-0.2, -0.15) is 5.26 Å². The smallest absolute Gasteiger partial charge is 0.224 e. The third-order valence-corrected chi connectivity index (χ3v) is 2.12. The lowest BCUT2D eigenvalue weighted by atomic mass is 10.1. The lowest BCUT2D eigenvalue weighted by Gasteiger charge is -2.07. The van der Waals surface area contributed by atoms with Crippen LogP contribution in [0, 0.1) is 18.3 Å². The van der Waals surface area contributed by atoms with Crippen molar-refractivity contribution in [3.8, 4) is 6.07 Å². The van der Waals surface area contributed by atoms with Crippen molar-refractivity contribution in [3.05, 3.63) is 29.3 Å². The average molecular weight is 202 g/mol. The highest BCUT2D eigenvalue weighted by Gasteiger charge is 2.04. The van der Waals surface area contributed by atoms with Crippen molar-refractivity contribution in [2.45, 2.75) is 26.7 Å². The number of nitriles is 1. The van der Waals surface area contributed by atoms with Crippen molar-refractivity contribution in [1.29, 1.82) is 5.26 Å². The van der Waals surface area contributed by atoms with Gasteiger partial charge < -0.3 is 5.32 Å². The van der Waals surface area contributed by atoms with Crippen molar-refractivity contribution >= 4 is 11.6 Å². The zero-order valence-corrected chi connectivity index (χ0v) is 9.00. The number of nitrogens with zero attached hydrogens (tertiary/aromatic N) is 1. The summed E-state index contributed by atoms with van der Waals surface area (Å²) in [6, 6.07) is 7.32. The second-order valence-corrected chi connectivity index (χ2v) is 3.44. The molecule has 3 nitrogen and oxygen atoms in total. The number of carbonyl (C=O) groups excluding carboxylic acids is 1. The molecule has 0 heterocycles. The van der Waals surface area contributed by atoms with Crippen LogP contribution in [0.5, 0.6) is 0 Å². The molecule has 0 radical (unpaired) electrons. The third-order valence-electron chi connectivity index (χ3n) is 2.12. The lowest BCUT2D eigenvalue weighted by Crippen LogP contribution is -2.11. The van der Waals surface area contributed by atoms with E-state index >= 15 is 0 Å². The van der Waals surface area contributed by atoms with E-state index in [4.69, 9.17) is 5.26 Å². The molecule has 0 aromatic heterocycles. The van der Waals surface area contributed by atoms with Gasteiger partial charge in [0.25, 0.3) is 0 Å². The van der Waals surface area contributed by atoms with E-state index in [1.54, 1.807) is 12.1 Å². The van der Waals surface area contributed by atoms with Crippen molar-refractivity contribution in [2.75, 3.05) is 5.32 Å². The largest absolute Gasteiger partial charge is 0.326 e. The van der Waals surface area contributed by atoms with E-state index in [2.05, 4.69) is 5.32 Å². The Labute approximate surface area is 89.7 Å². The summed E-state index contributed by atoms with van der Waals surface area (Å²) in [4.78, 5) is 11.4. The quantitative estimate of drug-likeness (QED) is 0.819. The molecule has 0 aliphatic rings. The highest BCUT2D eigenvalue weighted by molar-refractivity contribution is 5.91. The monoisotopic (exact) mass is 202 g/mol. The molecule has 1 aromatic carbocycles. The molecule has 78 valence electrons. The molecule has 0 saturated heterocycles. The number of benzene rings is 1. The first-order chi connectivity index (χ1) is 7.17. The van der Waals surface area contributed by atoms with Crippen molar-refractivity contribution in [1.82, 2.24) is 0 Å². The zero-order chi connectivity index (χ0) is 11.3. The molecule has 15 heavy (non-hydrogen) atoms. The van der Waals surface area contributed by atoms with E-state index in [1.165, 1.54) is 0 Å². The molecule has 1 N–H and O–H groups in total. The van der Waals surface area contributed by atoms with Gasteiger partial charge >= 0.3 is 0 Å². The molecule has 0 unspecified atom stereocenters. The molecule has 0 aliphatic carbocycles. The number of hydrogen-bond acceptors (Lipinski definition) is 2. The third kappa shape index (κ3) is 3.10. The van der Waals surface area contributed by atoms with E-state index in [0.717, 1.165) is 17.7 Å². The zero-order valence-electron chi connectivity index (χ0n) is 9.00. The Hall–Kier alpha value is -1.82. The molecule has 0 spiro atoms. The summed E-state index contributed by atoms with van der Waals surface area (Å²) in [6.45, 7) is 3.86. The second kappa shape index (κ2) is 5.16. The summed E-state index contributed by atoms with van der Waals surface area (Å²) in [6.07, 6.45) is 1.33. The summed E-state index contributed by atoms with van der Waals surface area (Å²) in [5.41, 5.74) is 2.26. The molecular formula is C12H14N2O. The SMILES string of the molecule is CCCC(=O)Nc1cc(C#N)ccc1C. The van der Waals surface area contributed by atoms with Crippen LogP contribution in [-0.4, -0.2) is 5.91 Å². The van der Waals surface area contributed by atoms with Crippen molar-refractivity contribution in [3.63, 3.8) is 0 Å². The maximum Gasteiger partial charge on any atom is 0.224 e. The molecule has 0 saturated carbocycles. The van der Waals surface area contributed by atoms with Crippen molar-refractivity contribution < 1.29 is 4.79 Å². The molecular weight excluding hydrogens is 188 g/mol. The van der Waals surface area contributed by atoms with Crippen molar-refractivity contribution in [2.24, 2.45) is 0 Å². The van der Waals surface area contributed by atoms with E-state index in [0.29, 0.717) is 12.0 Å². The number of carbonyl (C=O) groups is 1. The maximum atomic E-state index is 11.4. The number of rotatable bonds is 3. The molecule has 0 fully saturated rings. The Balaban J connectivity index is 2.85. The standard InChI is InChI=1S/C12H14N2O/c1-3-4-12(15)14-11-7-10(8-13)6-5-9(11)2/h5-7H,3-4H2,1-2H3,(H,14,15). The van der Waals surface area contributed by atoms with Crippen LogP contribution in [0.1, 0.15) is 30.9 Å². The fourth-order valence-corrected chi connectivity index (χ4v) is 1.27. The molecule has 1 rings (SSSR count). The topological polar surface area (TPSA) is 52.9 Å². The first kappa shape index (κ1) is 11.3. The minimum Gasteiger partial charge on any atom is -0.326 e. The van der Waals surface area contributed by atoms with Crippen LogP contribution in [0.3, 0.4) is 0 Å². The summed E-state index contributed by atoms with van der Waals surface area (Å²) < 4.78 is 0. The average Bonchev–Trinajstić information content (AvgIpc) is 2.21. The summed E-state index contributed by atoms with van der Waals surface area (Å²) >= 11 is 0. The highest BCUT2D eigenvalue weighted by atomic mass is 16.1. The van der Waals surface area contributed by atoms with E-state index in [1.807, 2.05) is 26.0 Å². The van der Waals surface area contributed by atoms with Gasteiger partial charge in [-0.3, -0.25) is 4.79 Å².